The minimum Gasteiger partial charge on any atom is -0.465 e. The van der Waals surface area contributed by atoms with Crippen LogP contribution in [0, 0.1) is 5.92 Å². The number of carboxylic acid groups (broad SMARTS) is 1. The lowest BCUT2D eigenvalue weighted by atomic mass is 9.99. The first-order chi connectivity index (χ1) is 14.3. The lowest BCUT2D eigenvalue weighted by Crippen LogP contribution is -2.58. The highest BCUT2D eigenvalue weighted by atomic mass is 28.4. The molecule has 0 saturated carbocycles. The number of hydrogen-bond acceptors (Lipinski definition) is 5. The highest BCUT2D eigenvalue weighted by Crippen LogP contribution is 2.47. The Morgan fingerprint density at radius 2 is 1.97 bits per heavy atom. The Balaban J connectivity index is 1.93. The molecule has 0 aromatic carbocycles. The van der Waals surface area contributed by atoms with E-state index in [9.17, 15) is 14.7 Å². The molecule has 2 aliphatic rings. The lowest BCUT2D eigenvalue weighted by Gasteiger charge is -2.44. The van der Waals surface area contributed by atoms with E-state index >= 15 is 0 Å². The maximum absolute atomic E-state index is 11.9. The third-order valence-electron chi connectivity index (χ3n) is 7.87. The van der Waals surface area contributed by atoms with Crippen molar-refractivity contribution in [3.05, 3.63) is 22.9 Å². The second-order valence-corrected chi connectivity index (χ2v) is 15.1. The Morgan fingerprint density at radius 1 is 1.32 bits per heavy atom. The smallest absolute Gasteiger partial charge is 0.407 e. The maximum atomic E-state index is 11.9. The summed E-state index contributed by atoms with van der Waals surface area (Å²) in [5.74, 6) is 1.35. The van der Waals surface area contributed by atoms with Gasteiger partial charge in [-0.25, -0.2) is 9.78 Å². The number of rotatable bonds is 6. The van der Waals surface area contributed by atoms with Crippen LogP contribution in [-0.4, -0.2) is 60.9 Å². The standard InChI is InChI=1S/C23H37N3O4Si/c1-14(2)23(5,6)31(7,8)30-16(4)20-18(13-27)9-17-10-19-12-25(22(28)29)11-15(3)26(19)21(17)24-20/h9,13-16,19H,10-12H2,1-8H3,(H,28,29)/t15-,16?,19-/m1/s1. The summed E-state index contributed by atoms with van der Waals surface area (Å²) in [5.41, 5.74) is 2.27. The topological polar surface area (TPSA) is 83.0 Å². The predicted molar refractivity (Wildman–Crippen MR) is 125 cm³/mol. The van der Waals surface area contributed by atoms with Crippen molar-refractivity contribution in [2.24, 2.45) is 5.92 Å². The summed E-state index contributed by atoms with van der Waals surface area (Å²) in [6, 6.07) is 2.02. The number of aromatic nitrogens is 1. The predicted octanol–water partition coefficient (Wildman–Crippen LogP) is 4.73. The molecule has 1 aromatic heterocycles. The van der Waals surface area contributed by atoms with E-state index in [1.807, 2.05) is 19.9 Å². The number of nitrogens with zero attached hydrogens (tertiary/aromatic N) is 3. The van der Waals surface area contributed by atoms with E-state index in [0.29, 0.717) is 36.7 Å². The second-order valence-electron chi connectivity index (χ2n) is 10.5. The van der Waals surface area contributed by atoms with Crippen LogP contribution in [0.4, 0.5) is 10.6 Å². The van der Waals surface area contributed by atoms with E-state index in [0.717, 1.165) is 17.7 Å². The van der Waals surface area contributed by atoms with E-state index in [4.69, 9.17) is 9.41 Å². The molecular weight excluding hydrogens is 410 g/mol. The Kier molecular flexibility index (Phi) is 6.28. The van der Waals surface area contributed by atoms with Crippen LogP contribution < -0.4 is 4.90 Å². The first-order valence-electron chi connectivity index (χ1n) is 11.2. The number of anilines is 1. The Bertz CT molecular complexity index is 871. The fourth-order valence-electron chi connectivity index (χ4n) is 4.85. The van der Waals surface area contributed by atoms with Crippen molar-refractivity contribution in [1.82, 2.24) is 9.88 Å². The van der Waals surface area contributed by atoms with Crippen molar-refractivity contribution in [2.45, 2.75) is 84.3 Å². The van der Waals surface area contributed by atoms with Crippen molar-refractivity contribution < 1.29 is 19.1 Å². The van der Waals surface area contributed by atoms with E-state index in [2.05, 4.69) is 45.7 Å². The molecule has 172 valence electrons. The molecule has 0 bridgehead atoms. The van der Waals surface area contributed by atoms with Gasteiger partial charge in [0.1, 0.15) is 5.82 Å². The molecular formula is C23H37N3O4Si. The van der Waals surface area contributed by atoms with Gasteiger partial charge in [0, 0.05) is 24.7 Å². The number of piperazine rings is 1. The normalized spacial score (nSPS) is 22.4. The van der Waals surface area contributed by atoms with Crippen LogP contribution in [0.15, 0.2) is 6.07 Å². The summed E-state index contributed by atoms with van der Waals surface area (Å²) >= 11 is 0. The SMILES string of the molecule is CC(O[Si](C)(C)C(C)(C)C(C)C)c1nc2c(cc1C=O)C[C@@H]1CN(C(=O)O)C[C@@H](C)N21. The number of hydrogen-bond donors (Lipinski definition) is 1. The van der Waals surface area contributed by atoms with Crippen molar-refractivity contribution in [1.29, 1.82) is 0 Å². The molecule has 3 heterocycles. The van der Waals surface area contributed by atoms with Crippen LogP contribution in [0.5, 0.6) is 0 Å². The van der Waals surface area contributed by atoms with Crippen LogP contribution >= 0.6 is 0 Å². The zero-order valence-corrected chi connectivity index (χ0v) is 21.1. The first-order valence-corrected chi connectivity index (χ1v) is 14.1. The molecule has 1 aromatic rings. The number of carbonyl (C=O) groups excluding carboxylic acids is 1. The van der Waals surface area contributed by atoms with E-state index in [-0.39, 0.29) is 23.2 Å². The number of pyridine rings is 1. The fourth-order valence-corrected chi connectivity index (χ4v) is 7.54. The summed E-state index contributed by atoms with van der Waals surface area (Å²) < 4.78 is 6.68. The molecule has 0 spiro atoms. The van der Waals surface area contributed by atoms with Gasteiger partial charge in [-0.2, -0.15) is 0 Å². The number of amides is 1. The monoisotopic (exact) mass is 447 g/mol. The zero-order chi connectivity index (χ0) is 23.3. The van der Waals surface area contributed by atoms with Crippen molar-refractivity contribution in [3.63, 3.8) is 0 Å². The van der Waals surface area contributed by atoms with Gasteiger partial charge in [-0.05, 0) is 55.9 Å². The van der Waals surface area contributed by atoms with Crippen LogP contribution in [0.3, 0.4) is 0 Å². The number of fused-ring (bicyclic) bond motifs is 3. The minimum absolute atomic E-state index is 0.0282. The Hall–Kier alpha value is -1.93. The first kappa shape index (κ1) is 23.7. The number of carbonyl (C=O) groups is 2. The van der Waals surface area contributed by atoms with Gasteiger partial charge in [0.25, 0.3) is 0 Å². The molecule has 1 N–H and O–H groups in total. The summed E-state index contributed by atoms with van der Waals surface area (Å²) in [4.78, 5) is 32.1. The van der Waals surface area contributed by atoms with Crippen LogP contribution in [0.25, 0.3) is 0 Å². The molecule has 1 fully saturated rings. The molecule has 1 unspecified atom stereocenters. The zero-order valence-electron chi connectivity index (χ0n) is 20.1. The largest absolute Gasteiger partial charge is 0.465 e. The summed E-state index contributed by atoms with van der Waals surface area (Å²) in [6.45, 7) is 18.4. The third kappa shape index (κ3) is 4.12. The Morgan fingerprint density at radius 3 is 2.52 bits per heavy atom. The van der Waals surface area contributed by atoms with Gasteiger partial charge in [0.15, 0.2) is 14.6 Å². The van der Waals surface area contributed by atoms with E-state index in [1.54, 1.807) is 0 Å². The molecule has 2 aliphatic heterocycles. The van der Waals surface area contributed by atoms with Gasteiger partial charge in [-0.3, -0.25) is 4.79 Å². The van der Waals surface area contributed by atoms with Gasteiger partial charge in [-0.15, -0.1) is 0 Å². The fraction of sp³-hybridized carbons (Fsp3) is 0.696. The van der Waals surface area contributed by atoms with Crippen molar-refractivity contribution in [2.75, 3.05) is 18.0 Å². The molecule has 3 atom stereocenters. The van der Waals surface area contributed by atoms with Crippen LogP contribution in [-0.2, 0) is 10.8 Å². The van der Waals surface area contributed by atoms with E-state index < -0.39 is 14.4 Å². The van der Waals surface area contributed by atoms with Crippen molar-refractivity contribution >= 4 is 26.5 Å². The summed E-state index contributed by atoms with van der Waals surface area (Å²) in [5, 5.41) is 9.50. The van der Waals surface area contributed by atoms with Gasteiger partial charge < -0.3 is 19.3 Å². The second kappa shape index (κ2) is 8.20. The summed E-state index contributed by atoms with van der Waals surface area (Å²) in [7, 11) is -2.11. The van der Waals surface area contributed by atoms with Crippen LogP contribution in [0.2, 0.25) is 18.1 Å². The molecule has 31 heavy (non-hydrogen) atoms. The Labute approximate surface area is 186 Å². The number of aldehydes is 1. The van der Waals surface area contributed by atoms with Crippen LogP contribution in [0.1, 0.15) is 69.3 Å². The van der Waals surface area contributed by atoms with Gasteiger partial charge in [0.2, 0.25) is 0 Å². The molecule has 3 rings (SSSR count). The minimum atomic E-state index is -2.11. The maximum Gasteiger partial charge on any atom is 0.407 e. The quantitative estimate of drug-likeness (QED) is 0.502. The highest BCUT2D eigenvalue weighted by molar-refractivity contribution is 6.74. The third-order valence-corrected chi connectivity index (χ3v) is 12.5. The lowest BCUT2D eigenvalue weighted by molar-refractivity contribution is 0.111. The molecule has 0 aliphatic carbocycles. The molecule has 7 nitrogen and oxygen atoms in total. The summed E-state index contributed by atoms with van der Waals surface area (Å²) in [6.07, 6.45) is 0.397. The van der Waals surface area contributed by atoms with Gasteiger partial charge in [-0.1, -0.05) is 27.7 Å². The van der Waals surface area contributed by atoms with E-state index in [1.165, 1.54) is 4.90 Å². The molecule has 8 heteroatoms. The van der Waals surface area contributed by atoms with Crippen molar-refractivity contribution in [3.8, 4) is 0 Å². The molecule has 1 saturated heterocycles. The van der Waals surface area contributed by atoms with Gasteiger partial charge in [0.05, 0.1) is 17.8 Å². The molecule has 1 amide bonds. The highest BCUT2D eigenvalue weighted by Gasteiger charge is 2.45. The average Bonchev–Trinajstić information content (AvgIpc) is 3.03. The average molecular weight is 448 g/mol. The van der Waals surface area contributed by atoms with Gasteiger partial charge >= 0.3 is 6.09 Å². The molecule has 0 radical (unpaired) electrons.